The fourth-order valence-electron chi connectivity index (χ4n) is 0.398. The van der Waals surface area contributed by atoms with Crippen LogP contribution in [0.25, 0.3) is 0 Å². The van der Waals surface area contributed by atoms with Crippen LogP contribution >= 0.6 is 0 Å². The van der Waals surface area contributed by atoms with Crippen LogP contribution in [-0.2, 0) is 9.53 Å². The highest BCUT2D eigenvalue weighted by molar-refractivity contribution is 5.85. The van der Waals surface area contributed by atoms with E-state index < -0.39 is 11.9 Å². The Labute approximate surface area is 65.1 Å². The average Bonchev–Trinajstić information content (AvgIpc) is 1.98. The molecule has 11 heavy (non-hydrogen) atoms. The van der Waals surface area contributed by atoms with Gasteiger partial charge in [-0.2, -0.15) is 0 Å². The highest BCUT2D eigenvalue weighted by Crippen LogP contribution is 2.02. The van der Waals surface area contributed by atoms with Crippen LogP contribution in [0.15, 0.2) is 11.5 Å². The van der Waals surface area contributed by atoms with E-state index in [1.54, 1.807) is 0 Å². The fraction of sp³-hybridized carbons (Fsp3) is 0.571. The molecule has 64 valence electrons. The van der Waals surface area contributed by atoms with Crippen molar-refractivity contribution in [3.05, 3.63) is 11.5 Å². The van der Waals surface area contributed by atoms with Crippen LogP contribution in [0.4, 0.5) is 0 Å². The molecule has 0 aliphatic rings. The number of ether oxygens (including phenoxy) is 1. The molecule has 0 aromatic heterocycles. The van der Waals surface area contributed by atoms with Crippen molar-refractivity contribution in [3.63, 3.8) is 0 Å². The summed E-state index contributed by atoms with van der Waals surface area (Å²) >= 11 is 0. The molecule has 0 rings (SSSR count). The molecule has 0 aromatic carbocycles. The first kappa shape index (κ1) is 9.81. The van der Waals surface area contributed by atoms with Crippen molar-refractivity contribution in [3.8, 4) is 0 Å². The summed E-state index contributed by atoms with van der Waals surface area (Å²) in [5, 5.41) is 17.2. The Balaban J connectivity index is 4.05. The topological polar surface area (TPSA) is 66.8 Å². The minimum Gasteiger partial charge on any atom is -0.481 e. The molecule has 0 atom stereocenters. The monoisotopic (exact) mass is 160 g/mol. The smallest absolute Gasteiger partial charge is 0.338 e. The molecule has 0 aromatic rings. The van der Waals surface area contributed by atoms with Crippen LogP contribution in [0.2, 0.25) is 0 Å². The third-order valence-corrected chi connectivity index (χ3v) is 1.08. The molecule has 4 heteroatoms. The van der Waals surface area contributed by atoms with E-state index in [1.165, 1.54) is 6.92 Å². The lowest BCUT2D eigenvalue weighted by atomic mass is 10.3. The van der Waals surface area contributed by atoms with Gasteiger partial charge in [-0.1, -0.05) is 6.92 Å². The molecule has 0 aliphatic heterocycles. The maximum Gasteiger partial charge on any atom is 0.338 e. The Morgan fingerprint density at radius 2 is 2.00 bits per heavy atom. The van der Waals surface area contributed by atoms with E-state index in [2.05, 4.69) is 4.74 Å². The van der Waals surface area contributed by atoms with Crippen molar-refractivity contribution < 1.29 is 19.7 Å². The van der Waals surface area contributed by atoms with Gasteiger partial charge in [0.15, 0.2) is 0 Å². The summed E-state index contributed by atoms with van der Waals surface area (Å²) in [6.07, 6.45) is 0.733. The molecular formula is C7H12O4. The van der Waals surface area contributed by atoms with Crippen LogP contribution in [0.3, 0.4) is 0 Å². The first-order valence-corrected chi connectivity index (χ1v) is 3.35. The minimum absolute atomic E-state index is 0.168. The molecule has 2 N–H and O–H groups in total. The highest BCUT2D eigenvalue weighted by atomic mass is 16.6. The van der Waals surface area contributed by atoms with E-state index in [-0.39, 0.29) is 5.57 Å². The van der Waals surface area contributed by atoms with Gasteiger partial charge in [0.1, 0.15) is 5.57 Å². The Kier molecular flexibility index (Phi) is 4.10. The van der Waals surface area contributed by atoms with Crippen molar-refractivity contribution in [2.75, 3.05) is 6.61 Å². The summed E-state index contributed by atoms with van der Waals surface area (Å²) in [6, 6.07) is 0. The molecule has 0 saturated carbocycles. The third-order valence-electron chi connectivity index (χ3n) is 1.08. The molecule has 0 fully saturated rings. The van der Waals surface area contributed by atoms with Gasteiger partial charge >= 0.3 is 5.97 Å². The Morgan fingerprint density at radius 1 is 1.45 bits per heavy atom. The van der Waals surface area contributed by atoms with Crippen LogP contribution in [0.1, 0.15) is 20.3 Å². The van der Waals surface area contributed by atoms with Crippen molar-refractivity contribution in [2.24, 2.45) is 0 Å². The van der Waals surface area contributed by atoms with Crippen LogP contribution in [-0.4, -0.2) is 22.8 Å². The summed E-state index contributed by atoms with van der Waals surface area (Å²) < 4.78 is 4.67. The number of carbonyl (C=O) groups is 1. The SMILES string of the molecule is CCCO/C(O)=C(\C)C(=O)O. The molecule has 0 spiro atoms. The van der Waals surface area contributed by atoms with Crippen molar-refractivity contribution in [1.82, 2.24) is 0 Å². The van der Waals surface area contributed by atoms with E-state index in [9.17, 15) is 4.79 Å². The normalized spacial score (nSPS) is 12.2. The maximum atomic E-state index is 10.2. The van der Waals surface area contributed by atoms with E-state index in [1.807, 2.05) is 6.92 Å². The number of hydrogen-bond donors (Lipinski definition) is 2. The van der Waals surface area contributed by atoms with Gasteiger partial charge in [0.25, 0.3) is 5.95 Å². The lowest BCUT2D eigenvalue weighted by Gasteiger charge is -2.03. The maximum absolute atomic E-state index is 10.2. The molecule has 4 nitrogen and oxygen atoms in total. The second-order valence-corrected chi connectivity index (χ2v) is 2.08. The first-order valence-electron chi connectivity index (χ1n) is 3.35. The lowest BCUT2D eigenvalue weighted by Crippen LogP contribution is -2.04. The van der Waals surface area contributed by atoms with Crippen LogP contribution in [0, 0.1) is 0 Å². The zero-order valence-corrected chi connectivity index (χ0v) is 6.63. The van der Waals surface area contributed by atoms with Crippen molar-refractivity contribution >= 4 is 5.97 Å². The van der Waals surface area contributed by atoms with Crippen molar-refractivity contribution in [2.45, 2.75) is 20.3 Å². The Hall–Kier alpha value is -1.19. The average molecular weight is 160 g/mol. The molecule has 0 bridgehead atoms. The molecule has 0 saturated heterocycles. The third kappa shape index (κ3) is 3.50. The van der Waals surface area contributed by atoms with Gasteiger partial charge in [0, 0.05) is 0 Å². The Morgan fingerprint density at radius 3 is 2.36 bits per heavy atom. The van der Waals surface area contributed by atoms with E-state index >= 15 is 0 Å². The van der Waals surface area contributed by atoms with Crippen molar-refractivity contribution in [1.29, 1.82) is 0 Å². The fourth-order valence-corrected chi connectivity index (χ4v) is 0.398. The second kappa shape index (κ2) is 4.60. The molecule has 0 radical (unpaired) electrons. The molecule has 0 amide bonds. The Bertz CT molecular complexity index is 171. The molecular weight excluding hydrogens is 148 g/mol. The van der Waals surface area contributed by atoms with Gasteiger partial charge in [-0.3, -0.25) is 0 Å². The van der Waals surface area contributed by atoms with Gasteiger partial charge in [0.2, 0.25) is 0 Å². The van der Waals surface area contributed by atoms with E-state index in [4.69, 9.17) is 10.2 Å². The highest BCUT2D eigenvalue weighted by Gasteiger charge is 2.08. The number of carboxylic acids is 1. The minimum atomic E-state index is -1.17. The zero-order chi connectivity index (χ0) is 8.85. The summed E-state index contributed by atoms with van der Waals surface area (Å²) in [7, 11) is 0. The largest absolute Gasteiger partial charge is 0.481 e. The second-order valence-electron chi connectivity index (χ2n) is 2.08. The van der Waals surface area contributed by atoms with Crippen LogP contribution in [0.5, 0.6) is 0 Å². The number of carboxylic acid groups (broad SMARTS) is 1. The zero-order valence-electron chi connectivity index (χ0n) is 6.63. The van der Waals surface area contributed by atoms with Gasteiger partial charge in [-0.25, -0.2) is 4.79 Å². The van der Waals surface area contributed by atoms with Gasteiger partial charge in [0.05, 0.1) is 6.61 Å². The predicted molar refractivity (Wildman–Crippen MR) is 39.2 cm³/mol. The van der Waals surface area contributed by atoms with Gasteiger partial charge in [-0.05, 0) is 13.3 Å². The number of aliphatic carboxylic acids is 1. The molecule has 0 unspecified atom stereocenters. The van der Waals surface area contributed by atoms with Gasteiger partial charge < -0.3 is 14.9 Å². The summed E-state index contributed by atoms with van der Waals surface area (Å²) in [5.41, 5.74) is -0.168. The summed E-state index contributed by atoms with van der Waals surface area (Å²) in [6.45, 7) is 3.48. The molecule has 0 aliphatic carbocycles. The van der Waals surface area contributed by atoms with Gasteiger partial charge in [-0.15, -0.1) is 0 Å². The summed E-state index contributed by atoms with van der Waals surface area (Å²) in [4.78, 5) is 10.2. The van der Waals surface area contributed by atoms with E-state index in [0.29, 0.717) is 6.61 Å². The summed E-state index contributed by atoms with van der Waals surface area (Å²) in [5.74, 6) is -1.67. The number of aliphatic hydroxyl groups is 1. The standard InChI is InChI=1S/C7H12O4/c1-3-4-11-7(10)5(2)6(8)9/h10H,3-4H2,1-2H3,(H,8,9)/b7-5+. The lowest BCUT2D eigenvalue weighted by molar-refractivity contribution is -0.133. The number of aliphatic hydroxyl groups excluding tert-OH is 1. The predicted octanol–water partition coefficient (Wildman–Crippen LogP) is 1.29. The van der Waals surface area contributed by atoms with E-state index in [0.717, 1.165) is 6.42 Å². The first-order chi connectivity index (χ1) is 5.09. The quantitative estimate of drug-likeness (QED) is 0.480. The number of hydrogen-bond acceptors (Lipinski definition) is 3. The van der Waals surface area contributed by atoms with Crippen LogP contribution < -0.4 is 0 Å². The molecule has 0 heterocycles. The number of rotatable bonds is 4.